The molecule has 0 saturated carbocycles. The number of aromatic amines is 1. The Morgan fingerprint density at radius 2 is 1.89 bits per heavy atom. The second kappa shape index (κ2) is 7.50. The van der Waals surface area contributed by atoms with Crippen LogP contribution in [0.4, 0.5) is 10.5 Å². The molecule has 1 fully saturated rings. The first-order valence-corrected chi connectivity index (χ1v) is 9.70. The number of imidazole rings is 1. The molecule has 2 amide bonds. The molecule has 1 aliphatic rings. The number of likely N-dealkylation sites (N-methyl/N-ethyl adjacent to an activating group) is 1. The third kappa shape index (κ3) is 3.40. The van der Waals surface area contributed by atoms with E-state index in [0.717, 1.165) is 30.9 Å². The number of hydrogen-bond acceptors (Lipinski definition) is 2. The third-order valence-corrected chi connectivity index (χ3v) is 5.82. The van der Waals surface area contributed by atoms with Crippen LogP contribution in [-0.4, -0.2) is 41.0 Å². The maximum atomic E-state index is 12.2. The highest BCUT2D eigenvalue weighted by Gasteiger charge is 2.26. The number of carbonyl (C=O) groups excluding carboxylic acids is 1. The molecule has 28 heavy (non-hydrogen) atoms. The number of hydrogen-bond donors (Lipinski definition) is 1. The molecule has 3 aromatic rings. The van der Waals surface area contributed by atoms with Gasteiger partial charge in [-0.15, -0.1) is 0 Å². The molecule has 0 radical (unpaired) electrons. The maximum absolute atomic E-state index is 12.2. The number of aromatic nitrogens is 2. The average Bonchev–Trinajstić information content (AvgIpc) is 3.34. The van der Waals surface area contributed by atoms with Gasteiger partial charge in [-0.3, -0.25) is 4.90 Å². The van der Waals surface area contributed by atoms with Crippen LogP contribution in [0.15, 0.2) is 55.0 Å². The molecule has 1 unspecified atom stereocenters. The van der Waals surface area contributed by atoms with E-state index in [2.05, 4.69) is 66.3 Å². The fourth-order valence-corrected chi connectivity index (χ4v) is 3.93. The van der Waals surface area contributed by atoms with E-state index in [1.807, 2.05) is 18.1 Å². The summed E-state index contributed by atoms with van der Waals surface area (Å²) in [6.45, 7) is 5.86. The van der Waals surface area contributed by atoms with Gasteiger partial charge in [0.2, 0.25) is 0 Å². The number of benzene rings is 2. The van der Waals surface area contributed by atoms with Crippen LogP contribution < -0.4 is 4.90 Å². The third-order valence-electron chi connectivity index (χ3n) is 5.82. The molecule has 1 aliphatic heterocycles. The zero-order valence-electron chi connectivity index (χ0n) is 16.6. The first-order chi connectivity index (χ1) is 13.5. The summed E-state index contributed by atoms with van der Waals surface area (Å²) in [7, 11) is 1.84. The standard InChI is InChI=1S/C23H26N4O/c1-16-5-4-6-20(17(16)2)21(22-14-24-15-25-22)13-18-7-9-19(10-8-18)27-12-11-26(3)23(27)28/h4-10,14-15,21H,11-13H2,1-3H3,(H,24,25). The van der Waals surface area contributed by atoms with E-state index in [9.17, 15) is 4.79 Å². The Morgan fingerprint density at radius 1 is 1.11 bits per heavy atom. The largest absolute Gasteiger partial charge is 0.348 e. The lowest BCUT2D eigenvalue weighted by atomic mass is 9.85. The minimum atomic E-state index is 0.0680. The molecule has 1 saturated heterocycles. The topological polar surface area (TPSA) is 52.2 Å². The van der Waals surface area contributed by atoms with Gasteiger partial charge in [0.1, 0.15) is 0 Å². The fraction of sp³-hybridized carbons (Fsp3) is 0.304. The first kappa shape index (κ1) is 18.3. The second-order valence-electron chi connectivity index (χ2n) is 7.58. The number of amides is 2. The zero-order valence-corrected chi connectivity index (χ0v) is 16.6. The number of carbonyl (C=O) groups is 1. The summed E-state index contributed by atoms with van der Waals surface area (Å²) in [6.07, 6.45) is 4.53. The minimum absolute atomic E-state index is 0.0680. The number of H-pyrrole nitrogens is 1. The number of urea groups is 1. The van der Waals surface area contributed by atoms with E-state index in [0.29, 0.717) is 0 Å². The lowest BCUT2D eigenvalue weighted by Crippen LogP contribution is -2.29. The van der Waals surface area contributed by atoms with Crippen molar-refractivity contribution in [1.82, 2.24) is 14.9 Å². The maximum Gasteiger partial charge on any atom is 0.324 e. The van der Waals surface area contributed by atoms with Gasteiger partial charge in [-0.1, -0.05) is 30.3 Å². The average molecular weight is 374 g/mol. The van der Waals surface area contributed by atoms with Crippen LogP contribution in [0.1, 0.15) is 33.9 Å². The molecule has 5 heteroatoms. The van der Waals surface area contributed by atoms with Crippen molar-refractivity contribution >= 4 is 11.7 Å². The van der Waals surface area contributed by atoms with Gasteiger partial charge in [-0.25, -0.2) is 9.78 Å². The highest BCUT2D eigenvalue weighted by molar-refractivity contribution is 5.93. The van der Waals surface area contributed by atoms with Gasteiger partial charge >= 0.3 is 6.03 Å². The SMILES string of the molecule is Cc1cccc(C(Cc2ccc(N3CCN(C)C3=O)cc2)c2cnc[nH]2)c1C. The van der Waals surface area contributed by atoms with Crippen LogP contribution in [0.25, 0.3) is 0 Å². The van der Waals surface area contributed by atoms with Gasteiger partial charge in [0.15, 0.2) is 0 Å². The van der Waals surface area contributed by atoms with Crippen molar-refractivity contribution in [3.05, 3.63) is 82.9 Å². The predicted octanol–water partition coefficient (Wildman–Crippen LogP) is 4.27. The van der Waals surface area contributed by atoms with Crippen LogP contribution in [-0.2, 0) is 6.42 Å². The minimum Gasteiger partial charge on any atom is -0.348 e. The van der Waals surface area contributed by atoms with Crippen molar-refractivity contribution in [3.63, 3.8) is 0 Å². The molecule has 4 rings (SSSR count). The number of nitrogens with zero attached hydrogens (tertiary/aromatic N) is 3. The van der Waals surface area contributed by atoms with Gasteiger partial charge in [-0.05, 0) is 54.7 Å². The van der Waals surface area contributed by atoms with Gasteiger partial charge in [-0.2, -0.15) is 0 Å². The summed E-state index contributed by atoms with van der Waals surface area (Å²) in [5, 5.41) is 0. The van der Waals surface area contributed by atoms with E-state index in [-0.39, 0.29) is 11.9 Å². The van der Waals surface area contributed by atoms with Crippen LogP contribution in [0.3, 0.4) is 0 Å². The first-order valence-electron chi connectivity index (χ1n) is 9.70. The Hall–Kier alpha value is -3.08. The molecule has 1 N–H and O–H groups in total. The molecule has 144 valence electrons. The van der Waals surface area contributed by atoms with Crippen molar-refractivity contribution in [1.29, 1.82) is 0 Å². The lowest BCUT2D eigenvalue weighted by Gasteiger charge is -2.21. The summed E-state index contributed by atoms with van der Waals surface area (Å²) in [5.74, 6) is 0.216. The van der Waals surface area contributed by atoms with E-state index in [4.69, 9.17) is 0 Å². The lowest BCUT2D eigenvalue weighted by molar-refractivity contribution is 0.229. The van der Waals surface area contributed by atoms with Gasteiger partial charge < -0.3 is 9.88 Å². The van der Waals surface area contributed by atoms with Crippen molar-refractivity contribution in [2.24, 2.45) is 0 Å². The monoisotopic (exact) mass is 374 g/mol. The summed E-state index contributed by atoms with van der Waals surface area (Å²) < 4.78 is 0. The van der Waals surface area contributed by atoms with Crippen LogP contribution in [0, 0.1) is 13.8 Å². The number of anilines is 1. The Balaban J connectivity index is 1.61. The summed E-state index contributed by atoms with van der Waals surface area (Å²) in [6, 6.07) is 14.9. The van der Waals surface area contributed by atoms with Gasteiger partial charge in [0.05, 0.1) is 6.33 Å². The Kier molecular flexibility index (Phi) is 4.90. The molecule has 0 bridgehead atoms. The summed E-state index contributed by atoms with van der Waals surface area (Å²) in [4.78, 5) is 23.3. The molecule has 2 aromatic carbocycles. The van der Waals surface area contributed by atoms with Crippen LogP contribution >= 0.6 is 0 Å². The summed E-state index contributed by atoms with van der Waals surface area (Å²) >= 11 is 0. The van der Waals surface area contributed by atoms with Crippen molar-refractivity contribution in [2.45, 2.75) is 26.2 Å². The normalized spacial score (nSPS) is 15.3. The fourth-order valence-electron chi connectivity index (χ4n) is 3.93. The molecule has 2 heterocycles. The Labute approximate surface area is 166 Å². The molecule has 1 aromatic heterocycles. The highest BCUT2D eigenvalue weighted by atomic mass is 16.2. The molecule has 0 spiro atoms. The molecular formula is C23H26N4O. The Bertz CT molecular complexity index is 963. The van der Waals surface area contributed by atoms with Crippen molar-refractivity contribution < 1.29 is 4.79 Å². The van der Waals surface area contributed by atoms with Gasteiger partial charge in [0.25, 0.3) is 0 Å². The molecule has 0 aliphatic carbocycles. The van der Waals surface area contributed by atoms with Crippen LogP contribution in [0.2, 0.25) is 0 Å². The molecule has 1 atom stereocenters. The van der Waals surface area contributed by atoms with Crippen molar-refractivity contribution in [3.8, 4) is 0 Å². The quantitative estimate of drug-likeness (QED) is 0.725. The van der Waals surface area contributed by atoms with E-state index in [1.165, 1.54) is 22.3 Å². The van der Waals surface area contributed by atoms with E-state index in [1.54, 1.807) is 11.2 Å². The van der Waals surface area contributed by atoms with Crippen molar-refractivity contribution in [2.75, 3.05) is 25.0 Å². The Morgan fingerprint density at radius 3 is 2.54 bits per heavy atom. The zero-order chi connectivity index (χ0) is 19.7. The van der Waals surface area contributed by atoms with Crippen LogP contribution in [0.5, 0.6) is 0 Å². The second-order valence-corrected chi connectivity index (χ2v) is 7.58. The number of aryl methyl sites for hydroxylation is 1. The summed E-state index contributed by atoms with van der Waals surface area (Å²) in [5.41, 5.74) is 7.27. The number of rotatable bonds is 5. The van der Waals surface area contributed by atoms with E-state index >= 15 is 0 Å². The molecule has 5 nitrogen and oxygen atoms in total. The highest BCUT2D eigenvalue weighted by Crippen LogP contribution is 2.31. The van der Waals surface area contributed by atoms with Gasteiger partial charge in [0, 0.05) is 43.6 Å². The smallest absolute Gasteiger partial charge is 0.324 e. The predicted molar refractivity (Wildman–Crippen MR) is 112 cm³/mol. The molecular weight excluding hydrogens is 348 g/mol. The number of nitrogens with one attached hydrogen (secondary N) is 1. The van der Waals surface area contributed by atoms with E-state index < -0.39 is 0 Å².